The number of nitrogens with zero attached hydrogens (tertiary/aromatic N) is 2. The molecule has 0 bridgehead atoms. The second-order valence-electron chi connectivity index (χ2n) is 8.05. The molecule has 1 fully saturated rings. The Balaban J connectivity index is 1.67. The van der Waals surface area contributed by atoms with Crippen LogP contribution >= 0.6 is 0 Å². The number of carbonyl (C=O) groups excluding carboxylic acids is 2. The fourth-order valence-corrected chi connectivity index (χ4v) is 5.20. The summed E-state index contributed by atoms with van der Waals surface area (Å²) in [7, 11) is -1.31. The molecule has 0 aliphatic carbocycles. The molecule has 2 atom stereocenters. The van der Waals surface area contributed by atoms with Crippen LogP contribution in [-0.2, 0) is 33.1 Å². The molecular formula is C24H25F3N6O3S. The first-order valence-electron chi connectivity index (χ1n) is 11.0. The molecule has 196 valence electrons. The number of pyridine rings is 1. The van der Waals surface area contributed by atoms with Crippen LogP contribution in [0.3, 0.4) is 0 Å². The fourth-order valence-electron chi connectivity index (χ4n) is 3.58. The number of nitrogens with two attached hydrogens (primary N) is 1. The van der Waals surface area contributed by atoms with Gasteiger partial charge < -0.3 is 21.7 Å². The van der Waals surface area contributed by atoms with Crippen molar-refractivity contribution in [3.63, 3.8) is 0 Å². The molecule has 2 heterocycles. The maximum Gasteiger partial charge on any atom is 0.418 e. The lowest BCUT2D eigenvalue weighted by Gasteiger charge is -2.28. The zero-order chi connectivity index (χ0) is 27.1. The van der Waals surface area contributed by atoms with Crippen molar-refractivity contribution in [2.45, 2.75) is 24.7 Å². The number of aromatic nitrogens is 1. The minimum Gasteiger partial charge on any atom is -0.404 e. The molecule has 1 aliphatic heterocycles. The van der Waals surface area contributed by atoms with Gasteiger partial charge in [-0.25, -0.2) is 0 Å². The van der Waals surface area contributed by atoms with Crippen LogP contribution < -0.4 is 21.7 Å². The number of benzene rings is 1. The number of halogens is 3. The SMILES string of the molecule is C=CN=C/C(=C\N)C(=O)NC1(C(=O)NCc2ccc(Nc3ccccc3C(F)(F)F)cn2)CCS(=O)C1. The van der Waals surface area contributed by atoms with E-state index in [-0.39, 0.29) is 35.7 Å². The molecule has 2 amide bonds. The smallest absolute Gasteiger partial charge is 0.404 e. The van der Waals surface area contributed by atoms with Crippen LogP contribution in [0.25, 0.3) is 0 Å². The number of amides is 2. The number of nitrogens with one attached hydrogen (secondary N) is 3. The summed E-state index contributed by atoms with van der Waals surface area (Å²) in [5.74, 6) is -1.05. The Morgan fingerprint density at radius 3 is 2.59 bits per heavy atom. The van der Waals surface area contributed by atoms with E-state index in [1.807, 2.05) is 0 Å². The van der Waals surface area contributed by atoms with Gasteiger partial charge in [0.2, 0.25) is 5.91 Å². The van der Waals surface area contributed by atoms with Crippen LogP contribution in [0.2, 0.25) is 0 Å². The van der Waals surface area contributed by atoms with Crippen molar-refractivity contribution in [2.75, 3.05) is 16.8 Å². The first-order chi connectivity index (χ1) is 17.6. The number of hydrogen-bond acceptors (Lipinski definition) is 7. The van der Waals surface area contributed by atoms with E-state index in [9.17, 15) is 27.0 Å². The molecule has 13 heteroatoms. The van der Waals surface area contributed by atoms with Crippen LogP contribution in [0, 0.1) is 0 Å². The fraction of sp³-hybridized carbons (Fsp3) is 0.250. The molecule has 0 radical (unpaired) electrons. The Hall–Kier alpha value is -4.00. The van der Waals surface area contributed by atoms with Gasteiger partial charge in [0.15, 0.2) is 0 Å². The summed E-state index contributed by atoms with van der Waals surface area (Å²) in [5, 5.41) is 8.01. The summed E-state index contributed by atoms with van der Waals surface area (Å²) in [6.07, 6.45) is 0.415. The van der Waals surface area contributed by atoms with E-state index in [2.05, 4.69) is 32.5 Å². The quantitative estimate of drug-likeness (QED) is 0.288. The molecule has 37 heavy (non-hydrogen) atoms. The molecule has 0 saturated carbocycles. The van der Waals surface area contributed by atoms with Crippen LogP contribution in [-0.4, -0.2) is 44.3 Å². The topological polar surface area (TPSA) is 139 Å². The first-order valence-corrected chi connectivity index (χ1v) is 12.5. The Labute approximate surface area is 213 Å². The number of aliphatic imine (C=N–C) groups is 1. The van der Waals surface area contributed by atoms with Gasteiger partial charge in [-0.2, -0.15) is 13.2 Å². The van der Waals surface area contributed by atoms with Gasteiger partial charge in [0.05, 0.1) is 46.7 Å². The van der Waals surface area contributed by atoms with Crippen LogP contribution in [0.15, 0.2) is 72.1 Å². The van der Waals surface area contributed by atoms with Crippen molar-refractivity contribution in [3.05, 3.63) is 78.4 Å². The van der Waals surface area contributed by atoms with Gasteiger partial charge in [0.1, 0.15) is 5.54 Å². The zero-order valence-corrected chi connectivity index (χ0v) is 20.4. The second-order valence-corrected chi connectivity index (χ2v) is 9.62. The number of alkyl halides is 3. The molecule has 1 aromatic carbocycles. The second kappa shape index (κ2) is 11.8. The van der Waals surface area contributed by atoms with E-state index in [0.29, 0.717) is 11.4 Å². The summed E-state index contributed by atoms with van der Waals surface area (Å²) in [4.78, 5) is 33.7. The average molecular weight is 535 g/mol. The molecule has 9 nitrogen and oxygen atoms in total. The van der Waals surface area contributed by atoms with Gasteiger partial charge in [-0.15, -0.1) is 0 Å². The van der Waals surface area contributed by atoms with Gasteiger partial charge in [0, 0.05) is 35.2 Å². The maximum atomic E-state index is 13.2. The molecule has 2 unspecified atom stereocenters. The lowest BCUT2D eigenvalue weighted by Crippen LogP contribution is -2.59. The number of carbonyl (C=O) groups is 2. The lowest BCUT2D eigenvalue weighted by atomic mass is 9.96. The van der Waals surface area contributed by atoms with Crippen molar-refractivity contribution < 1.29 is 27.0 Å². The van der Waals surface area contributed by atoms with Crippen LogP contribution in [0.4, 0.5) is 24.5 Å². The minimum absolute atomic E-state index is 0.00149. The van der Waals surface area contributed by atoms with Gasteiger partial charge in [0.25, 0.3) is 5.91 Å². The summed E-state index contributed by atoms with van der Waals surface area (Å²) in [5.41, 5.74) is 3.89. The van der Waals surface area contributed by atoms with Crippen molar-refractivity contribution in [2.24, 2.45) is 10.7 Å². The molecule has 5 N–H and O–H groups in total. The van der Waals surface area contributed by atoms with Crippen molar-refractivity contribution >= 4 is 40.2 Å². The normalized spacial score (nSPS) is 20.0. The van der Waals surface area contributed by atoms with E-state index in [1.54, 1.807) is 0 Å². The van der Waals surface area contributed by atoms with E-state index in [0.717, 1.165) is 12.3 Å². The average Bonchev–Trinajstić information content (AvgIpc) is 3.24. The molecule has 1 aliphatic rings. The van der Waals surface area contributed by atoms with Gasteiger partial charge in [-0.3, -0.25) is 23.8 Å². The standard InChI is InChI=1S/C24H25F3N6O3S/c1-2-29-12-16(11-28)21(34)33-23(9-10-37(36)15-23)22(35)31-13-17-7-8-18(14-30-17)32-20-6-4-3-5-19(20)24(25,26)27/h2-8,11-12,14,32H,1,9-10,13,15,28H2,(H,31,35)(H,33,34)/b16-11+,29-12?. The highest BCUT2D eigenvalue weighted by atomic mass is 32.2. The zero-order valence-electron chi connectivity index (χ0n) is 19.5. The highest BCUT2D eigenvalue weighted by molar-refractivity contribution is 7.85. The monoisotopic (exact) mass is 534 g/mol. The molecule has 2 aromatic rings. The third kappa shape index (κ3) is 7.03. The van der Waals surface area contributed by atoms with E-state index in [1.165, 1.54) is 48.9 Å². The first kappa shape index (κ1) is 27.6. The summed E-state index contributed by atoms with van der Waals surface area (Å²) < 4.78 is 51.8. The van der Waals surface area contributed by atoms with E-state index in [4.69, 9.17) is 5.73 Å². The van der Waals surface area contributed by atoms with Crippen molar-refractivity contribution in [1.82, 2.24) is 15.6 Å². The largest absolute Gasteiger partial charge is 0.418 e. The van der Waals surface area contributed by atoms with Gasteiger partial charge in [-0.05, 0) is 30.7 Å². The third-order valence-electron chi connectivity index (χ3n) is 5.48. The predicted molar refractivity (Wildman–Crippen MR) is 135 cm³/mol. The summed E-state index contributed by atoms with van der Waals surface area (Å²) in [6.45, 7) is 3.39. The molecular weight excluding hydrogens is 509 g/mol. The molecule has 0 spiro atoms. The number of rotatable bonds is 9. The Morgan fingerprint density at radius 2 is 2.00 bits per heavy atom. The van der Waals surface area contributed by atoms with Gasteiger partial charge in [-0.1, -0.05) is 18.7 Å². The highest BCUT2D eigenvalue weighted by Crippen LogP contribution is 2.35. The maximum absolute atomic E-state index is 13.2. The minimum atomic E-state index is -4.52. The van der Waals surface area contributed by atoms with Crippen LogP contribution in [0.1, 0.15) is 17.7 Å². The van der Waals surface area contributed by atoms with Crippen molar-refractivity contribution in [3.8, 4) is 0 Å². The van der Waals surface area contributed by atoms with E-state index >= 15 is 0 Å². The molecule has 1 aromatic heterocycles. The lowest BCUT2D eigenvalue weighted by molar-refractivity contribution is -0.137. The van der Waals surface area contributed by atoms with E-state index < -0.39 is 39.9 Å². The number of para-hydroxylation sites is 1. The highest BCUT2D eigenvalue weighted by Gasteiger charge is 2.46. The Morgan fingerprint density at radius 1 is 1.24 bits per heavy atom. The number of anilines is 2. The van der Waals surface area contributed by atoms with Crippen LogP contribution in [0.5, 0.6) is 0 Å². The predicted octanol–water partition coefficient (Wildman–Crippen LogP) is 2.52. The third-order valence-corrected chi connectivity index (χ3v) is 6.95. The van der Waals surface area contributed by atoms with Crippen molar-refractivity contribution in [1.29, 1.82) is 0 Å². The summed E-state index contributed by atoms with van der Waals surface area (Å²) in [6, 6.07) is 8.14. The molecule has 3 rings (SSSR count). The van der Waals surface area contributed by atoms with Gasteiger partial charge >= 0.3 is 6.18 Å². The number of hydrogen-bond donors (Lipinski definition) is 4. The Kier molecular flexibility index (Phi) is 8.81. The molecule has 1 saturated heterocycles. The summed E-state index contributed by atoms with van der Waals surface area (Å²) >= 11 is 0. The Bertz CT molecular complexity index is 1250.